The highest BCUT2D eigenvalue weighted by molar-refractivity contribution is 7.20. The van der Waals surface area contributed by atoms with Gasteiger partial charge in [0.1, 0.15) is 11.2 Å². The molecule has 0 unspecified atom stereocenters. The van der Waals surface area contributed by atoms with E-state index in [-0.39, 0.29) is 0 Å². The number of rotatable bonds is 4. The van der Waals surface area contributed by atoms with Crippen molar-refractivity contribution in [2.24, 2.45) is 0 Å². The van der Waals surface area contributed by atoms with E-state index in [0.29, 0.717) is 0 Å². The summed E-state index contributed by atoms with van der Waals surface area (Å²) in [6, 6.07) is 30.0. The third-order valence-corrected chi connectivity index (χ3v) is 8.25. The van der Waals surface area contributed by atoms with Crippen LogP contribution in [0.25, 0.3) is 66.1 Å². The van der Waals surface area contributed by atoms with Gasteiger partial charge in [0, 0.05) is 32.1 Å². The van der Waals surface area contributed by atoms with Gasteiger partial charge in [0.2, 0.25) is 0 Å². The zero-order valence-electron chi connectivity index (χ0n) is 20.3. The molecule has 0 aliphatic rings. The molecule has 0 spiro atoms. The minimum Gasteiger partial charge on any atom is -0.284 e. The lowest BCUT2D eigenvalue weighted by Crippen LogP contribution is -1.91. The van der Waals surface area contributed by atoms with Gasteiger partial charge in [-0.25, -0.2) is 9.97 Å². The van der Waals surface area contributed by atoms with Crippen molar-refractivity contribution in [1.29, 1.82) is 0 Å². The van der Waals surface area contributed by atoms with Crippen molar-refractivity contribution in [3.05, 3.63) is 120 Å². The van der Waals surface area contributed by atoms with E-state index in [1.54, 1.807) is 0 Å². The van der Waals surface area contributed by atoms with Crippen LogP contribution in [0.5, 0.6) is 0 Å². The maximum absolute atomic E-state index is 5.13. The van der Waals surface area contributed by atoms with Crippen LogP contribution in [-0.4, -0.2) is 14.4 Å². The minimum absolute atomic E-state index is 0.882. The number of fused-ring (bicyclic) bond motifs is 6. The van der Waals surface area contributed by atoms with E-state index < -0.39 is 0 Å². The molecule has 0 aliphatic carbocycles. The van der Waals surface area contributed by atoms with Crippen LogP contribution < -0.4 is 0 Å². The van der Waals surface area contributed by atoms with Crippen LogP contribution in [0.3, 0.4) is 0 Å². The van der Waals surface area contributed by atoms with Crippen molar-refractivity contribution in [2.45, 2.75) is 6.92 Å². The van der Waals surface area contributed by atoms with Gasteiger partial charge in [-0.05, 0) is 59.3 Å². The Hall–Kier alpha value is -4.54. The number of benzene rings is 3. The van der Waals surface area contributed by atoms with Gasteiger partial charge in [-0.3, -0.25) is 4.40 Å². The summed E-state index contributed by atoms with van der Waals surface area (Å²) in [4.78, 5) is 11.3. The highest BCUT2D eigenvalue weighted by atomic mass is 32.1. The van der Waals surface area contributed by atoms with Crippen LogP contribution in [0, 0.1) is 6.92 Å². The van der Waals surface area contributed by atoms with Crippen LogP contribution in [0.4, 0.5) is 0 Å². The molecule has 0 N–H and O–H groups in total. The van der Waals surface area contributed by atoms with Crippen molar-refractivity contribution in [2.75, 3.05) is 0 Å². The molecule has 0 saturated carbocycles. The fourth-order valence-corrected chi connectivity index (χ4v) is 6.21. The maximum Gasteiger partial charge on any atom is 0.165 e. The molecular formula is C33H23N3S. The summed E-state index contributed by atoms with van der Waals surface area (Å²) in [5, 5.41) is 3.54. The number of thiophene rings is 1. The summed E-state index contributed by atoms with van der Waals surface area (Å²) in [6.07, 6.45) is 7.99. The molecule has 176 valence electrons. The van der Waals surface area contributed by atoms with Crippen molar-refractivity contribution in [3.63, 3.8) is 0 Å². The highest BCUT2D eigenvalue weighted by Crippen LogP contribution is 2.36. The van der Waals surface area contributed by atoms with E-state index >= 15 is 0 Å². The predicted molar refractivity (Wildman–Crippen MR) is 158 cm³/mol. The lowest BCUT2D eigenvalue weighted by Gasteiger charge is -2.09. The molecule has 7 rings (SSSR count). The predicted octanol–water partition coefficient (Wildman–Crippen LogP) is 9.09. The molecule has 7 aromatic rings. The summed E-state index contributed by atoms with van der Waals surface area (Å²) in [7, 11) is 0. The standard InChI is InChI=1S/C33H23N3S/c1-3-4-11-28-21(2)27-20-24(17-18-29(27)37-28)22-13-15-23(16-14-22)31-25-9-5-6-10-26(25)32-33(35-31)36-19-8-7-12-30(36)34-32/h3-20H,1H2,2H3/b11-4-. The minimum atomic E-state index is 0.882. The number of aromatic nitrogens is 3. The molecule has 3 aromatic carbocycles. The Bertz CT molecular complexity index is 2010. The van der Waals surface area contributed by atoms with Crippen LogP contribution in [0.1, 0.15) is 10.4 Å². The molecule has 37 heavy (non-hydrogen) atoms. The summed E-state index contributed by atoms with van der Waals surface area (Å²) in [5.74, 6) is 0. The number of hydrogen-bond donors (Lipinski definition) is 0. The Balaban J connectivity index is 1.35. The van der Waals surface area contributed by atoms with Crippen molar-refractivity contribution < 1.29 is 0 Å². The van der Waals surface area contributed by atoms with Crippen LogP contribution in [0.15, 0.2) is 110 Å². The first-order valence-electron chi connectivity index (χ1n) is 12.3. The topological polar surface area (TPSA) is 30.2 Å². The van der Waals surface area contributed by atoms with E-state index in [1.807, 2.05) is 47.9 Å². The van der Waals surface area contributed by atoms with Gasteiger partial charge in [-0.2, -0.15) is 0 Å². The average Bonchev–Trinajstić information content (AvgIpc) is 3.48. The number of imidazole rings is 1. The molecule has 0 radical (unpaired) electrons. The number of allylic oxidation sites excluding steroid dienone is 2. The molecule has 4 heteroatoms. The summed E-state index contributed by atoms with van der Waals surface area (Å²) in [5.41, 5.74) is 8.52. The summed E-state index contributed by atoms with van der Waals surface area (Å²) >= 11 is 1.82. The van der Waals surface area contributed by atoms with E-state index in [0.717, 1.165) is 38.8 Å². The van der Waals surface area contributed by atoms with Crippen molar-refractivity contribution >= 4 is 55.1 Å². The molecule has 0 atom stereocenters. The molecular weight excluding hydrogens is 470 g/mol. The van der Waals surface area contributed by atoms with Gasteiger partial charge in [0.25, 0.3) is 0 Å². The molecule has 0 bridgehead atoms. The number of pyridine rings is 2. The molecule has 0 aliphatic heterocycles. The second-order valence-corrected chi connectivity index (χ2v) is 10.3. The molecule has 3 nitrogen and oxygen atoms in total. The zero-order chi connectivity index (χ0) is 24.9. The number of hydrogen-bond acceptors (Lipinski definition) is 3. The quantitative estimate of drug-likeness (QED) is 0.229. The summed E-state index contributed by atoms with van der Waals surface area (Å²) in [6.45, 7) is 5.99. The molecule has 0 saturated heterocycles. The SMILES string of the molecule is C=C/C=C\c1sc2ccc(-c3ccc(-c4nc5c(nc6ccccn65)c5ccccc45)cc3)cc2c1C. The normalized spacial score (nSPS) is 11.9. The second kappa shape index (κ2) is 8.54. The van der Waals surface area contributed by atoms with Gasteiger partial charge in [-0.15, -0.1) is 11.3 Å². The first-order valence-corrected chi connectivity index (χ1v) is 13.1. The summed E-state index contributed by atoms with van der Waals surface area (Å²) < 4.78 is 3.37. The number of nitrogens with zero attached hydrogens (tertiary/aromatic N) is 3. The van der Waals surface area contributed by atoms with Crippen LogP contribution >= 0.6 is 11.3 Å². The second-order valence-electron chi connectivity index (χ2n) is 9.19. The first-order chi connectivity index (χ1) is 18.2. The van der Waals surface area contributed by atoms with E-state index in [2.05, 4.69) is 90.7 Å². The molecule has 0 fully saturated rings. The van der Waals surface area contributed by atoms with Crippen LogP contribution in [-0.2, 0) is 0 Å². The zero-order valence-corrected chi connectivity index (χ0v) is 21.2. The lowest BCUT2D eigenvalue weighted by atomic mass is 9.98. The molecule has 4 aromatic heterocycles. The van der Waals surface area contributed by atoms with E-state index in [4.69, 9.17) is 9.97 Å². The third kappa shape index (κ3) is 3.49. The Morgan fingerprint density at radius 3 is 2.38 bits per heavy atom. The lowest BCUT2D eigenvalue weighted by molar-refractivity contribution is 1.19. The molecule has 4 heterocycles. The number of aryl methyl sites for hydroxylation is 1. The fourth-order valence-electron chi connectivity index (χ4n) is 5.11. The first kappa shape index (κ1) is 21.7. The van der Waals surface area contributed by atoms with E-state index in [9.17, 15) is 0 Å². The van der Waals surface area contributed by atoms with Gasteiger partial charge in [-0.1, -0.05) is 79.4 Å². The monoisotopic (exact) mass is 493 g/mol. The van der Waals surface area contributed by atoms with Crippen molar-refractivity contribution in [3.8, 4) is 22.4 Å². The fraction of sp³-hybridized carbons (Fsp3) is 0.0303. The largest absolute Gasteiger partial charge is 0.284 e. The maximum atomic E-state index is 5.13. The van der Waals surface area contributed by atoms with E-state index in [1.165, 1.54) is 31.7 Å². The van der Waals surface area contributed by atoms with Gasteiger partial charge < -0.3 is 0 Å². The highest BCUT2D eigenvalue weighted by Gasteiger charge is 2.15. The van der Waals surface area contributed by atoms with Gasteiger partial charge >= 0.3 is 0 Å². The third-order valence-electron chi connectivity index (χ3n) is 7.01. The molecule has 0 amide bonds. The Labute approximate surface area is 218 Å². The van der Waals surface area contributed by atoms with Gasteiger partial charge in [0.15, 0.2) is 5.65 Å². The Morgan fingerprint density at radius 2 is 1.54 bits per heavy atom. The van der Waals surface area contributed by atoms with Gasteiger partial charge in [0.05, 0.1) is 5.69 Å². The average molecular weight is 494 g/mol. The Morgan fingerprint density at radius 1 is 0.784 bits per heavy atom. The Kier molecular flexibility index (Phi) is 5.01. The van der Waals surface area contributed by atoms with Crippen LogP contribution in [0.2, 0.25) is 0 Å². The van der Waals surface area contributed by atoms with Crippen molar-refractivity contribution in [1.82, 2.24) is 14.4 Å². The smallest absolute Gasteiger partial charge is 0.165 e.